The maximum atomic E-state index is 5.21. The molecule has 5 nitrogen and oxygen atoms in total. The van der Waals surface area contributed by atoms with E-state index in [1.54, 1.807) is 0 Å². The Hall–Kier alpha value is -10.8. The second kappa shape index (κ2) is 19.7. The van der Waals surface area contributed by atoms with E-state index in [2.05, 4.69) is 323 Å². The lowest BCUT2D eigenvalue weighted by molar-refractivity contribution is 0.589. The van der Waals surface area contributed by atoms with Gasteiger partial charge >= 0.3 is 0 Å². The zero-order valence-electron chi connectivity index (χ0n) is 47.9. The first-order valence-electron chi connectivity index (χ1n) is 30.1. The van der Waals surface area contributed by atoms with Crippen molar-refractivity contribution in [3.05, 3.63) is 302 Å². The summed E-state index contributed by atoms with van der Waals surface area (Å²) in [5, 5.41) is 6.26. The number of aromatic nitrogens is 5. The normalized spacial score (nSPS) is 15.8. The Morgan fingerprint density at radius 2 is 0.884 bits per heavy atom. The Labute approximate surface area is 499 Å². The molecule has 2 atom stereocenters. The summed E-state index contributed by atoms with van der Waals surface area (Å²) in [7, 11) is 0. The molecule has 11 aromatic carbocycles. The molecule has 15 aromatic rings. The molecule has 4 aromatic heterocycles. The van der Waals surface area contributed by atoms with E-state index < -0.39 is 0 Å². The van der Waals surface area contributed by atoms with E-state index in [4.69, 9.17) is 4.98 Å². The summed E-state index contributed by atoms with van der Waals surface area (Å²) < 4.78 is 9.77. The predicted octanol–water partition coefficient (Wildman–Crippen LogP) is 20.8. The fourth-order valence-corrected chi connectivity index (χ4v) is 14.3. The van der Waals surface area contributed by atoms with E-state index in [9.17, 15) is 0 Å². The Balaban J connectivity index is 0.815. The predicted molar refractivity (Wildman–Crippen MR) is 361 cm³/mol. The van der Waals surface area contributed by atoms with Gasteiger partial charge < -0.3 is 13.7 Å². The minimum Gasteiger partial charge on any atom is -0.313 e. The van der Waals surface area contributed by atoms with Gasteiger partial charge in [0.25, 0.3) is 0 Å². The van der Waals surface area contributed by atoms with Gasteiger partial charge in [0.2, 0.25) is 0 Å². The summed E-state index contributed by atoms with van der Waals surface area (Å²) >= 11 is 0. The van der Waals surface area contributed by atoms with Gasteiger partial charge in [0, 0.05) is 66.4 Å². The highest BCUT2D eigenvalue weighted by Crippen LogP contribution is 2.46. The van der Waals surface area contributed by atoms with E-state index in [1.807, 2.05) is 0 Å². The monoisotopic (exact) mass is 1100 g/mol. The number of rotatable bonds is 9. The van der Waals surface area contributed by atoms with Crippen molar-refractivity contribution < 1.29 is 0 Å². The van der Waals surface area contributed by atoms with Crippen LogP contribution in [0.3, 0.4) is 0 Å². The molecule has 2 unspecified atom stereocenters. The van der Waals surface area contributed by atoms with Crippen LogP contribution in [-0.4, -0.2) is 23.3 Å². The van der Waals surface area contributed by atoms with Crippen LogP contribution >= 0.6 is 0 Å². The van der Waals surface area contributed by atoms with Crippen LogP contribution in [0.4, 0.5) is 0 Å². The number of hydrogen-bond donors (Lipinski definition) is 0. The number of allylic oxidation sites excluding steroid dienone is 5. The van der Waals surface area contributed by atoms with E-state index in [0.29, 0.717) is 5.92 Å². The van der Waals surface area contributed by atoms with E-state index in [-0.39, 0.29) is 5.41 Å². The molecular weight excluding hydrogens is 1040 g/mol. The summed E-state index contributed by atoms with van der Waals surface area (Å²) in [6, 6.07) is 96.0. The van der Waals surface area contributed by atoms with Crippen molar-refractivity contribution in [3.63, 3.8) is 0 Å². The van der Waals surface area contributed by atoms with Gasteiger partial charge in [-0.15, -0.1) is 0 Å². The molecule has 0 bridgehead atoms. The van der Waals surface area contributed by atoms with E-state index in [0.717, 1.165) is 52.3 Å². The van der Waals surface area contributed by atoms with Crippen molar-refractivity contribution in [2.75, 3.05) is 0 Å². The average Bonchev–Trinajstić information content (AvgIpc) is 2.14. The molecule has 2 aliphatic carbocycles. The molecule has 0 spiro atoms. The van der Waals surface area contributed by atoms with Crippen molar-refractivity contribution in [2.24, 2.45) is 5.92 Å². The van der Waals surface area contributed by atoms with Gasteiger partial charge in [-0.05, 0) is 191 Å². The minimum atomic E-state index is -0.328. The maximum absolute atomic E-state index is 5.21. The number of nitrogens with zero attached hydrogens (tertiary/aromatic N) is 5. The second-order valence-corrected chi connectivity index (χ2v) is 23.9. The summed E-state index contributed by atoms with van der Waals surface area (Å²) in [6.07, 6.45) is 13.6. The van der Waals surface area contributed by atoms with Crippen LogP contribution in [0.1, 0.15) is 37.1 Å². The second-order valence-electron chi connectivity index (χ2n) is 23.9. The van der Waals surface area contributed by atoms with Gasteiger partial charge in [-0.2, -0.15) is 0 Å². The van der Waals surface area contributed by atoms with Gasteiger partial charge in [0.15, 0.2) is 0 Å². The molecular formula is C81H59N5. The van der Waals surface area contributed by atoms with Crippen LogP contribution in [0.25, 0.3) is 139 Å². The third-order valence-electron chi connectivity index (χ3n) is 18.5. The lowest BCUT2D eigenvalue weighted by Crippen LogP contribution is -2.25. The Morgan fingerprint density at radius 1 is 0.395 bits per heavy atom. The molecule has 0 N–H and O–H groups in total. The zero-order chi connectivity index (χ0) is 57.0. The Morgan fingerprint density at radius 3 is 1.51 bits per heavy atom. The van der Waals surface area contributed by atoms with Gasteiger partial charge in [-0.25, -0.2) is 4.98 Å². The fourth-order valence-electron chi connectivity index (χ4n) is 14.3. The molecule has 0 saturated carbocycles. The van der Waals surface area contributed by atoms with Gasteiger partial charge in [0.05, 0.1) is 38.6 Å². The van der Waals surface area contributed by atoms with Crippen molar-refractivity contribution in [1.82, 2.24) is 23.3 Å². The molecule has 0 saturated heterocycles. The number of fused-ring (bicyclic) bond motifs is 10. The highest BCUT2D eigenvalue weighted by molar-refractivity contribution is 6.13. The lowest BCUT2D eigenvalue weighted by Gasteiger charge is -2.31. The van der Waals surface area contributed by atoms with Gasteiger partial charge in [-0.3, -0.25) is 4.57 Å². The van der Waals surface area contributed by atoms with Crippen LogP contribution < -0.4 is 0 Å². The van der Waals surface area contributed by atoms with E-state index in [1.165, 1.54) is 110 Å². The minimum absolute atomic E-state index is 0.328. The highest BCUT2D eigenvalue weighted by Gasteiger charge is 2.33. The van der Waals surface area contributed by atoms with Gasteiger partial charge in [0.1, 0.15) is 5.82 Å². The Bertz CT molecular complexity index is 5280. The first-order chi connectivity index (χ1) is 42.4. The lowest BCUT2D eigenvalue weighted by atomic mass is 9.73. The number of imidazole rings is 1. The number of benzene rings is 11. The van der Waals surface area contributed by atoms with Crippen molar-refractivity contribution >= 4 is 77.3 Å². The highest BCUT2D eigenvalue weighted by atomic mass is 15.1. The molecule has 408 valence electrons. The zero-order valence-corrected chi connectivity index (χ0v) is 47.9. The SMILES string of the molecule is CC1C=CC=C(n2c3ccc(-c4ccccc4)cc3c3cc(-n4c5c(c6cc(-c7ccccc7)ccc64)CC(C)(c4ccc6c(c4)c4cc(-c7ccccc7)ccc4n6-c4ccc(-c6nc7ccccc7n6-c6ccccc6)cc4)C=C5)ccc32)C1. The molecule has 4 heterocycles. The molecule has 86 heavy (non-hydrogen) atoms. The van der Waals surface area contributed by atoms with Gasteiger partial charge in [-0.1, -0.05) is 178 Å². The summed E-state index contributed by atoms with van der Waals surface area (Å²) in [4.78, 5) is 5.21. The molecule has 0 radical (unpaired) electrons. The molecule has 17 rings (SSSR count). The van der Waals surface area contributed by atoms with E-state index >= 15 is 0 Å². The van der Waals surface area contributed by atoms with Crippen LogP contribution in [0, 0.1) is 5.92 Å². The number of hydrogen-bond acceptors (Lipinski definition) is 1. The molecule has 0 aliphatic heterocycles. The quantitative estimate of drug-likeness (QED) is 0.142. The van der Waals surface area contributed by atoms with Crippen LogP contribution in [0.15, 0.2) is 285 Å². The average molecular weight is 1100 g/mol. The summed E-state index contributed by atoms with van der Waals surface area (Å²) in [6.45, 7) is 4.76. The maximum Gasteiger partial charge on any atom is 0.145 e. The molecule has 5 heteroatoms. The van der Waals surface area contributed by atoms with Crippen LogP contribution in [-0.2, 0) is 11.8 Å². The standard InChI is InChI=1S/C81H59N5/c1-53-18-17-27-64(46-53)84-74-40-33-59(55-21-9-4-10-22-55)48-67(74)70-51-65(38-43-77(70)84)85-75-41-34-60(56-23-11-5-12-24-56)49-68(75)71-52-81(2,45-44-78(71)85)61-35-42-76-69(50-61)66-47-58(54-19-7-3-8-20-54)32-39-73(66)83(76)63-36-30-57(31-37-63)80-82-72-28-15-16-29-79(72)86(80)62-25-13-6-14-26-62/h3-45,47-51,53H,46,52H2,1-2H3. The summed E-state index contributed by atoms with van der Waals surface area (Å²) in [5.41, 5.74) is 24.6. The topological polar surface area (TPSA) is 32.6 Å². The first kappa shape index (κ1) is 49.8. The molecule has 0 fully saturated rings. The summed E-state index contributed by atoms with van der Waals surface area (Å²) in [5.74, 6) is 1.38. The van der Waals surface area contributed by atoms with Crippen molar-refractivity contribution in [2.45, 2.75) is 32.1 Å². The first-order valence-corrected chi connectivity index (χ1v) is 30.1. The largest absolute Gasteiger partial charge is 0.313 e. The fraction of sp³-hybridized carbons (Fsp3) is 0.0741. The molecule has 2 aliphatic rings. The third-order valence-corrected chi connectivity index (χ3v) is 18.5. The van der Waals surface area contributed by atoms with Crippen molar-refractivity contribution in [1.29, 1.82) is 0 Å². The number of para-hydroxylation sites is 3. The smallest absolute Gasteiger partial charge is 0.145 e. The Kier molecular flexibility index (Phi) is 11.4. The third kappa shape index (κ3) is 8.03. The van der Waals surface area contributed by atoms with Crippen molar-refractivity contribution in [3.8, 4) is 61.8 Å². The molecule has 0 amide bonds. The van der Waals surface area contributed by atoms with Crippen LogP contribution in [0.2, 0.25) is 0 Å². The van der Waals surface area contributed by atoms with Crippen LogP contribution in [0.5, 0.6) is 0 Å².